The number of hydrogen-bond donors (Lipinski definition) is 0. The average Bonchev–Trinajstić information content (AvgIpc) is 2.36. The maximum absolute atomic E-state index is 12.6. The van der Waals surface area contributed by atoms with Gasteiger partial charge >= 0.3 is 11.0 Å². The summed E-state index contributed by atoms with van der Waals surface area (Å²) >= 11 is 0. The zero-order valence-corrected chi connectivity index (χ0v) is 12.2. The molecule has 0 N–H and O–H groups in total. The molecule has 0 radical (unpaired) electrons. The summed E-state index contributed by atoms with van der Waals surface area (Å²) in [6, 6.07) is 3.67. The molecule has 0 unspecified atom stereocenters. The van der Waals surface area contributed by atoms with Gasteiger partial charge in [0.25, 0.3) is 19.7 Å². The average molecular weight is 381 g/mol. The van der Waals surface area contributed by atoms with Crippen molar-refractivity contribution in [3.05, 3.63) is 35.4 Å². The Morgan fingerprint density at radius 3 is 1.43 bits per heavy atom. The standard InChI is InChI=1S/C10H5F6NO4S2/c11-9(12,13)22(18,19)8(23(20,21)10(14,15)16)7-3-1-6(5-17)2-4-7/h1-4,8H. The summed E-state index contributed by atoms with van der Waals surface area (Å²) in [5.41, 5.74) is -14.0. The number of nitrogens with zero attached hydrogens (tertiary/aromatic N) is 1. The van der Waals surface area contributed by atoms with Gasteiger partial charge in [0.2, 0.25) is 4.58 Å². The van der Waals surface area contributed by atoms with Gasteiger partial charge in [-0.25, -0.2) is 16.8 Å². The minimum Gasteiger partial charge on any atom is -0.218 e. The number of benzene rings is 1. The van der Waals surface area contributed by atoms with Crippen molar-refractivity contribution in [1.29, 1.82) is 5.26 Å². The number of sulfone groups is 2. The van der Waals surface area contributed by atoms with E-state index in [1.165, 1.54) is 6.07 Å². The maximum Gasteiger partial charge on any atom is 0.499 e. The molecule has 0 saturated heterocycles. The molecule has 5 nitrogen and oxygen atoms in total. The maximum atomic E-state index is 12.6. The number of hydrogen-bond acceptors (Lipinski definition) is 5. The first-order valence-electron chi connectivity index (χ1n) is 5.26. The highest BCUT2D eigenvalue weighted by molar-refractivity contribution is 8.09. The molecule has 0 fully saturated rings. The van der Waals surface area contributed by atoms with Crippen LogP contribution < -0.4 is 0 Å². The Morgan fingerprint density at radius 1 is 0.826 bits per heavy atom. The summed E-state index contributed by atoms with van der Waals surface area (Å²) in [6.45, 7) is 0. The molecule has 0 atom stereocenters. The van der Waals surface area contributed by atoms with E-state index in [1.807, 2.05) is 0 Å². The first kappa shape index (κ1) is 19.2. The van der Waals surface area contributed by atoms with E-state index in [0.717, 1.165) is 0 Å². The molecule has 0 saturated carbocycles. The third-order valence-corrected chi connectivity index (χ3v) is 7.00. The normalized spacial score (nSPS) is 13.8. The van der Waals surface area contributed by atoms with Crippen LogP contribution in [0.2, 0.25) is 0 Å². The van der Waals surface area contributed by atoms with E-state index >= 15 is 0 Å². The smallest absolute Gasteiger partial charge is 0.218 e. The molecule has 13 heteroatoms. The van der Waals surface area contributed by atoms with Crippen LogP contribution in [0.1, 0.15) is 15.7 Å². The molecule has 0 aromatic heterocycles. The molecular formula is C10H5F6NO4S2. The van der Waals surface area contributed by atoms with E-state index in [9.17, 15) is 43.2 Å². The van der Waals surface area contributed by atoms with Crippen molar-refractivity contribution in [2.24, 2.45) is 0 Å². The van der Waals surface area contributed by atoms with E-state index in [4.69, 9.17) is 5.26 Å². The second-order valence-electron chi connectivity index (χ2n) is 4.05. The summed E-state index contributed by atoms with van der Waals surface area (Å²) in [7, 11) is -13.5. The van der Waals surface area contributed by atoms with Gasteiger partial charge < -0.3 is 0 Å². The lowest BCUT2D eigenvalue weighted by Crippen LogP contribution is -2.39. The van der Waals surface area contributed by atoms with Gasteiger partial charge in [-0.15, -0.1) is 0 Å². The SMILES string of the molecule is N#Cc1ccc(C(S(=O)(=O)C(F)(F)F)S(=O)(=O)C(F)(F)F)cc1. The number of rotatable bonds is 3. The predicted octanol–water partition coefficient (Wildman–Crippen LogP) is 2.43. The lowest BCUT2D eigenvalue weighted by Gasteiger charge is -2.21. The van der Waals surface area contributed by atoms with Gasteiger partial charge in [-0.05, 0) is 17.7 Å². The van der Waals surface area contributed by atoms with E-state index < -0.39 is 40.8 Å². The second-order valence-corrected chi connectivity index (χ2v) is 8.39. The van der Waals surface area contributed by atoms with E-state index in [0.29, 0.717) is 24.3 Å². The van der Waals surface area contributed by atoms with Crippen LogP contribution in [0.4, 0.5) is 26.3 Å². The van der Waals surface area contributed by atoms with Crippen molar-refractivity contribution in [2.75, 3.05) is 0 Å². The van der Waals surface area contributed by atoms with Crippen molar-refractivity contribution < 1.29 is 43.2 Å². The quantitative estimate of drug-likeness (QED) is 0.750. The summed E-state index contributed by atoms with van der Waals surface area (Å²) in [5.74, 6) is 0. The first-order valence-corrected chi connectivity index (χ1v) is 8.36. The Morgan fingerprint density at radius 2 is 1.17 bits per heavy atom. The topological polar surface area (TPSA) is 92.1 Å². The molecule has 128 valence electrons. The van der Waals surface area contributed by atoms with Crippen LogP contribution in [0.15, 0.2) is 24.3 Å². The minimum atomic E-state index is -6.74. The van der Waals surface area contributed by atoms with Crippen LogP contribution in [0.25, 0.3) is 0 Å². The van der Waals surface area contributed by atoms with Crippen LogP contribution >= 0.6 is 0 Å². The third kappa shape index (κ3) is 3.42. The van der Waals surface area contributed by atoms with Crippen LogP contribution in [-0.4, -0.2) is 27.9 Å². The van der Waals surface area contributed by atoms with Gasteiger partial charge in [0.05, 0.1) is 11.6 Å². The zero-order chi connectivity index (χ0) is 18.3. The summed E-state index contributed by atoms with van der Waals surface area (Å²) in [5, 5.41) is 8.50. The molecule has 1 aromatic rings. The molecule has 23 heavy (non-hydrogen) atoms. The van der Waals surface area contributed by atoms with Crippen LogP contribution in [0.3, 0.4) is 0 Å². The summed E-state index contributed by atoms with van der Waals surface area (Å²) in [4.78, 5) is 0. The number of nitriles is 1. The molecule has 1 aromatic carbocycles. The first-order chi connectivity index (χ1) is 10.2. The van der Waals surface area contributed by atoms with Gasteiger partial charge in [-0.3, -0.25) is 0 Å². The summed E-state index contributed by atoms with van der Waals surface area (Å²) in [6.07, 6.45) is 0. The van der Waals surface area contributed by atoms with Gasteiger partial charge in [-0.1, -0.05) is 12.1 Å². The molecule has 0 heterocycles. The van der Waals surface area contributed by atoms with E-state index in [1.54, 1.807) is 0 Å². The third-order valence-electron chi connectivity index (χ3n) is 2.52. The lowest BCUT2D eigenvalue weighted by molar-refractivity contribution is -0.0472. The van der Waals surface area contributed by atoms with E-state index in [2.05, 4.69) is 0 Å². The monoisotopic (exact) mass is 381 g/mol. The van der Waals surface area contributed by atoms with Gasteiger partial charge in [0, 0.05) is 0 Å². The lowest BCUT2D eigenvalue weighted by atomic mass is 10.2. The Hall–Kier alpha value is -1.81. The Labute approximate surface area is 126 Å². The van der Waals surface area contributed by atoms with Crippen molar-refractivity contribution in [2.45, 2.75) is 15.6 Å². The Kier molecular flexibility index (Phi) is 4.75. The highest BCUT2D eigenvalue weighted by Crippen LogP contribution is 2.44. The molecular weight excluding hydrogens is 376 g/mol. The second kappa shape index (κ2) is 5.68. The highest BCUT2D eigenvalue weighted by atomic mass is 32.3. The van der Waals surface area contributed by atoms with Crippen LogP contribution in [-0.2, 0) is 19.7 Å². The zero-order valence-electron chi connectivity index (χ0n) is 10.6. The Balaban J connectivity index is 3.74. The molecule has 0 aliphatic carbocycles. The van der Waals surface area contributed by atoms with Gasteiger partial charge in [0.1, 0.15) is 0 Å². The van der Waals surface area contributed by atoms with Crippen molar-refractivity contribution >= 4 is 19.7 Å². The number of halogens is 6. The molecule has 0 amide bonds. The van der Waals surface area contributed by atoms with Gasteiger partial charge in [-0.2, -0.15) is 31.6 Å². The summed E-state index contributed by atoms with van der Waals surface area (Å²) < 4.78 is 117. The molecule has 0 bridgehead atoms. The molecule has 0 spiro atoms. The fourth-order valence-corrected chi connectivity index (χ4v) is 4.99. The van der Waals surface area contributed by atoms with E-state index in [-0.39, 0.29) is 5.56 Å². The molecule has 0 aliphatic heterocycles. The predicted molar refractivity (Wildman–Crippen MR) is 63.8 cm³/mol. The number of alkyl halides is 6. The molecule has 0 aliphatic rings. The Bertz CT molecular complexity index is 787. The minimum absolute atomic E-state index is 0.221. The molecule has 1 rings (SSSR count). The van der Waals surface area contributed by atoms with Crippen molar-refractivity contribution in [3.8, 4) is 6.07 Å². The fourth-order valence-electron chi connectivity index (χ4n) is 1.48. The van der Waals surface area contributed by atoms with Crippen LogP contribution in [0.5, 0.6) is 0 Å². The highest BCUT2D eigenvalue weighted by Gasteiger charge is 2.63. The van der Waals surface area contributed by atoms with Crippen molar-refractivity contribution in [3.63, 3.8) is 0 Å². The van der Waals surface area contributed by atoms with Crippen LogP contribution in [0, 0.1) is 11.3 Å². The van der Waals surface area contributed by atoms with Crippen molar-refractivity contribution in [1.82, 2.24) is 0 Å². The largest absolute Gasteiger partial charge is 0.499 e. The van der Waals surface area contributed by atoms with Gasteiger partial charge in [0.15, 0.2) is 0 Å². The fraction of sp³-hybridized carbons (Fsp3) is 0.300.